The molecule has 1 unspecified atom stereocenters. The van der Waals surface area contributed by atoms with Gasteiger partial charge in [-0.1, -0.05) is 109 Å². The maximum atomic E-state index is 5.07. The fraction of sp³-hybridized carbons (Fsp3) is 0.0222. The third-order valence-electron chi connectivity index (χ3n) is 9.80. The number of rotatable bonds is 5. The molecule has 7 aromatic carbocycles. The van der Waals surface area contributed by atoms with E-state index in [0.717, 1.165) is 39.2 Å². The lowest BCUT2D eigenvalue weighted by Gasteiger charge is -2.23. The van der Waals surface area contributed by atoms with Crippen LogP contribution in [0.3, 0.4) is 0 Å². The molecule has 50 heavy (non-hydrogen) atoms. The van der Waals surface area contributed by atoms with Crippen molar-refractivity contribution < 1.29 is 0 Å². The van der Waals surface area contributed by atoms with Gasteiger partial charge in [0.1, 0.15) is 12.0 Å². The molecule has 0 spiro atoms. The topological polar surface area (TPSA) is 57.5 Å². The molecule has 9 aromatic rings. The minimum atomic E-state index is -0.234. The van der Waals surface area contributed by atoms with Crippen molar-refractivity contribution in [2.75, 3.05) is 0 Å². The van der Waals surface area contributed by atoms with Crippen molar-refractivity contribution in [3.05, 3.63) is 187 Å². The summed E-state index contributed by atoms with van der Waals surface area (Å²) >= 11 is 0. The Labute approximate surface area is 288 Å². The monoisotopic (exact) mass is 641 g/mol. The number of aromatic amines is 1. The highest BCUT2D eigenvalue weighted by Crippen LogP contribution is 2.36. The molecular weight excluding hydrogens is 611 g/mol. The molecule has 0 aliphatic carbocycles. The third-order valence-corrected chi connectivity index (χ3v) is 9.80. The van der Waals surface area contributed by atoms with Crippen LogP contribution in [-0.4, -0.2) is 21.2 Å². The molecule has 2 N–H and O–H groups in total. The lowest BCUT2D eigenvalue weighted by molar-refractivity contribution is 0.674. The van der Waals surface area contributed by atoms with Crippen LogP contribution in [0.15, 0.2) is 180 Å². The van der Waals surface area contributed by atoms with E-state index in [2.05, 4.69) is 148 Å². The van der Waals surface area contributed by atoms with Gasteiger partial charge >= 0.3 is 0 Å². The van der Waals surface area contributed by atoms with Crippen molar-refractivity contribution in [1.82, 2.24) is 14.9 Å². The Bertz CT molecular complexity index is 2770. The van der Waals surface area contributed by atoms with Crippen LogP contribution < -0.4 is 5.32 Å². The molecule has 0 saturated heterocycles. The number of aromatic nitrogens is 2. The molecule has 0 radical (unpaired) electrons. The molecule has 3 heterocycles. The molecule has 10 rings (SSSR count). The fourth-order valence-corrected chi connectivity index (χ4v) is 7.35. The van der Waals surface area contributed by atoms with Gasteiger partial charge in [-0.15, -0.1) is 0 Å². The number of nitrogens with zero attached hydrogens (tertiary/aromatic N) is 3. The van der Waals surface area contributed by atoms with E-state index in [-0.39, 0.29) is 6.17 Å². The maximum absolute atomic E-state index is 5.07. The van der Waals surface area contributed by atoms with Crippen LogP contribution in [0.2, 0.25) is 0 Å². The number of hydrogen-bond acceptors (Lipinski definition) is 3. The molecule has 2 aromatic heterocycles. The van der Waals surface area contributed by atoms with E-state index >= 15 is 0 Å². The van der Waals surface area contributed by atoms with Gasteiger partial charge in [0.25, 0.3) is 0 Å². The van der Waals surface area contributed by atoms with Crippen molar-refractivity contribution in [3.8, 4) is 16.8 Å². The predicted octanol–water partition coefficient (Wildman–Crippen LogP) is 10.6. The number of hydrogen-bond donors (Lipinski definition) is 2. The summed E-state index contributed by atoms with van der Waals surface area (Å²) < 4.78 is 2.36. The number of aliphatic imine (C=N–C) groups is 2. The second kappa shape index (κ2) is 11.5. The first kappa shape index (κ1) is 28.3. The van der Waals surface area contributed by atoms with E-state index in [1.54, 1.807) is 0 Å². The van der Waals surface area contributed by atoms with Gasteiger partial charge in [-0.05, 0) is 77.4 Å². The summed E-state index contributed by atoms with van der Waals surface area (Å²) in [5, 5.41) is 8.50. The Morgan fingerprint density at radius 2 is 1.08 bits per heavy atom. The highest BCUT2D eigenvalue weighted by molar-refractivity contribution is 6.14. The number of benzene rings is 7. The zero-order valence-electron chi connectivity index (χ0n) is 27.1. The quantitative estimate of drug-likeness (QED) is 0.193. The minimum Gasteiger partial charge on any atom is -0.355 e. The van der Waals surface area contributed by atoms with E-state index in [0.29, 0.717) is 5.84 Å². The summed E-state index contributed by atoms with van der Waals surface area (Å²) in [5.74, 6) is 1.53. The van der Waals surface area contributed by atoms with Crippen LogP contribution in [0.5, 0.6) is 0 Å². The van der Waals surface area contributed by atoms with E-state index < -0.39 is 0 Å². The average molecular weight is 642 g/mol. The number of amidine groups is 2. The fourth-order valence-electron chi connectivity index (χ4n) is 7.35. The minimum absolute atomic E-state index is 0.234. The van der Waals surface area contributed by atoms with Gasteiger partial charge in [0.05, 0.1) is 11.0 Å². The first-order chi connectivity index (χ1) is 24.8. The molecular formula is C45H31N5. The van der Waals surface area contributed by atoms with Crippen molar-refractivity contribution in [2.45, 2.75) is 6.17 Å². The Morgan fingerprint density at radius 1 is 0.460 bits per heavy atom. The Morgan fingerprint density at radius 3 is 1.90 bits per heavy atom. The lowest BCUT2D eigenvalue weighted by Crippen LogP contribution is -2.33. The molecule has 5 nitrogen and oxygen atoms in total. The molecule has 0 bridgehead atoms. The Hall–Kier alpha value is -6.72. The van der Waals surface area contributed by atoms with Crippen LogP contribution in [0.4, 0.5) is 0 Å². The molecule has 0 fully saturated rings. The van der Waals surface area contributed by atoms with E-state index in [1.165, 1.54) is 43.7 Å². The van der Waals surface area contributed by atoms with Crippen molar-refractivity contribution in [3.63, 3.8) is 0 Å². The summed E-state index contributed by atoms with van der Waals surface area (Å²) in [4.78, 5) is 13.6. The summed E-state index contributed by atoms with van der Waals surface area (Å²) in [6, 6.07) is 60.0. The van der Waals surface area contributed by atoms with Crippen LogP contribution in [0, 0.1) is 0 Å². The molecule has 0 saturated carbocycles. The molecule has 1 aliphatic heterocycles. The van der Waals surface area contributed by atoms with Crippen LogP contribution >= 0.6 is 0 Å². The van der Waals surface area contributed by atoms with E-state index in [4.69, 9.17) is 9.98 Å². The van der Waals surface area contributed by atoms with Crippen molar-refractivity contribution in [1.29, 1.82) is 0 Å². The van der Waals surface area contributed by atoms with Crippen molar-refractivity contribution in [2.24, 2.45) is 9.98 Å². The number of H-pyrrole nitrogens is 1. The summed E-state index contributed by atoms with van der Waals surface area (Å²) in [6.07, 6.45) is -0.234. The zero-order chi connectivity index (χ0) is 33.0. The maximum Gasteiger partial charge on any atom is 0.159 e. The van der Waals surface area contributed by atoms with E-state index in [1.807, 2.05) is 36.4 Å². The van der Waals surface area contributed by atoms with Gasteiger partial charge in [0.2, 0.25) is 0 Å². The molecule has 1 atom stereocenters. The molecule has 0 amide bonds. The van der Waals surface area contributed by atoms with Crippen LogP contribution in [0.25, 0.3) is 60.4 Å². The van der Waals surface area contributed by atoms with Gasteiger partial charge < -0.3 is 14.9 Å². The smallest absolute Gasteiger partial charge is 0.159 e. The second-order valence-corrected chi connectivity index (χ2v) is 12.8. The second-order valence-electron chi connectivity index (χ2n) is 12.8. The Kier molecular flexibility index (Phi) is 6.49. The van der Waals surface area contributed by atoms with Crippen LogP contribution in [0.1, 0.15) is 22.9 Å². The molecule has 236 valence electrons. The summed E-state index contributed by atoms with van der Waals surface area (Å²) in [7, 11) is 0. The SMILES string of the molecule is c1ccc(C2=NC(c3ccc(-n4c5ccccc5c5cc(-c6ccc7[nH]c8ccccc8c7c6)ccc54)cc3)=NC(c3ccccc3)N2)cc1. The number of nitrogens with one attached hydrogen (secondary N) is 2. The van der Waals surface area contributed by atoms with Gasteiger partial charge in [0.15, 0.2) is 5.84 Å². The lowest BCUT2D eigenvalue weighted by atomic mass is 10.0. The van der Waals surface area contributed by atoms with Gasteiger partial charge in [-0.25, -0.2) is 9.98 Å². The van der Waals surface area contributed by atoms with Gasteiger partial charge in [-0.3, -0.25) is 0 Å². The van der Waals surface area contributed by atoms with Crippen molar-refractivity contribution >= 4 is 55.3 Å². The Balaban J connectivity index is 1.06. The number of para-hydroxylation sites is 2. The summed E-state index contributed by atoms with van der Waals surface area (Å²) in [6.45, 7) is 0. The predicted molar refractivity (Wildman–Crippen MR) is 207 cm³/mol. The normalized spacial score (nSPS) is 14.6. The first-order valence-corrected chi connectivity index (χ1v) is 17.0. The van der Waals surface area contributed by atoms with Crippen LogP contribution in [-0.2, 0) is 0 Å². The van der Waals surface area contributed by atoms with Gasteiger partial charge in [-0.2, -0.15) is 0 Å². The standard InChI is InChI=1S/C45H31N5/c1-3-11-29(12-4-1)43-47-44(30-13-5-2-6-14-30)49-45(48-43)31-19-23-34(24-20-31)50-41-18-10-8-16-36(41)38-28-33(22-26-42(38)50)32-21-25-40-37(27-32)35-15-7-9-17-39(35)46-40/h1-28,43,46H,(H,47,48,49). The third kappa shape index (κ3) is 4.71. The highest BCUT2D eigenvalue weighted by atomic mass is 15.2. The van der Waals surface area contributed by atoms with E-state index in [9.17, 15) is 0 Å². The summed E-state index contributed by atoms with van der Waals surface area (Å²) in [5.41, 5.74) is 11.3. The van der Waals surface area contributed by atoms with Gasteiger partial charge in [0, 0.05) is 49.4 Å². The largest absolute Gasteiger partial charge is 0.355 e. The molecule has 5 heteroatoms. The first-order valence-electron chi connectivity index (χ1n) is 17.0. The average Bonchev–Trinajstić information content (AvgIpc) is 3.73. The molecule has 1 aliphatic rings. The number of fused-ring (bicyclic) bond motifs is 6. The zero-order valence-corrected chi connectivity index (χ0v) is 27.1. The highest BCUT2D eigenvalue weighted by Gasteiger charge is 2.21.